The number of nitrogens with one attached hydrogen (secondary N) is 2. The fraction of sp³-hybridized carbons (Fsp3) is 0.273. The van der Waals surface area contributed by atoms with Gasteiger partial charge in [0.05, 0.1) is 6.20 Å². The van der Waals surface area contributed by atoms with E-state index in [-0.39, 0.29) is 11.6 Å². The molecule has 0 unspecified atom stereocenters. The van der Waals surface area contributed by atoms with Gasteiger partial charge in [-0.05, 0) is 17.7 Å². The first-order valence-electron chi connectivity index (χ1n) is 5.54. The molecule has 0 aliphatic heterocycles. The average molecular weight is 266 g/mol. The van der Waals surface area contributed by atoms with E-state index in [9.17, 15) is 8.42 Å². The van der Waals surface area contributed by atoms with Crippen molar-refractivity contribution < 1.29 is 8.42 Å². The minimum atomic E-state index is -3.54. The van der Waals surface area contributed by atoms with E-state index in [0.29, 0.717) is 12.2 Å². The smallest absolute Gasteiger partial charge is 0.257 e. The van der Waals surface area contributed by atoms with Crippen molar-refractivity contribution >= 4 is 10.0 Å². The molecule has 18 heavy (non-hydrogen) atoms. The van der Waals surface area contributed by atoms with Crippen molar-refractivity contribution in [2.45, 2.75) is 24.9 Å². The summed E-state index contributed by atoms with van der Waals surface area (Å²) in [6, 6.07) is 3.51. The van der Waals surface area contributed by atoms with Crippen LogP contribution < -0.4 is 4.72 Å². The maximum absolute atomic E-state index is 11.9. The molecule has 0 bridgehead atoms. The normalized spacial score (nSPS) is 11.6. The van der Waals surface area contributed by atoms with Gasteiger partial charge in [-0.1, -0.05) is 6.92 Å². The van der Waals surface area contributed by atoms with Crippen LogP contribution in [-0.2, 0) is 23.0 Å². The lowest BCUT2D eigenvalue weighted by Gasteiger charge is -2.04. The highest BCUT2D eigenvalue weighted by atomic mass is 32.2. The largest absolute Gasteiger partial charge is 0.332 e. The van der Waals surface area contributed by atoms with E-state index < -0.39 is 10.0 Å². The van der Waals surface area contributed by atoms with Gasteiger partial charge < -0.3 is 4.98 Å². The molecule has 2 aromatic heterocycles. The number of nitrogens with zero attached hydrogens (tertiary/aromatic N) is 2. The third kappa shape index (κ3) is 2.93. The Morgan fingerprint density at radius 2 is 2.06 bits per heavy atom. The van der Waals surface area contributed by atoms with E-state index in [1.165, 1.54) is 6.20 Å². The van der Waals surface area contributed by atoms with Crippen molar-refractivity contribution in [2.24, 2.45) is 0 Å². The van der Waals surface area contributed by atoms with Gasteiger partial charge in [-0.15, -0.1) is 0 Å². The summed E-state index contributed by atoms with van der Waals surface area (Å²) in [7, 11) is -3.54. The highest BCUT2D eigenvalue weighted by Gasteiger charge is 2.16. The summed E-state index contributed by atoms with van der Waals surface area (Å²) < 4.78 is 26.4. The average Bonchev–Trinajstić information content (AvgIpc) is 2.87. The quantitative estimate of drug-likeness (QED) is 0.839. The Kier molecular flexibility index (Phi) is 3.73. The van der Waals surface area contributed by atoms with Gasteiger partial charge in [0.1, 0.15) is 5.82 Å². The van der Waals surface area contributed by atoms with E-state index in [1.54, 1.807) is 24.5 Å². The van der Waals surface area contributed by atoms with Gasteiger partial charge in [-0.25, -0.2) is 18.1 Å². The summed E-state index contributed by atoms with van der Waals surface area (Å²) in [6.07, 6.45) is 5.23. The van der Waals surface area contributed by atoms with Crippen molar-refractivity contribution in [1.29, 1.82) is 0 Å². The molecule has 0 saturated carbocycles. The van der Waals surface area contributed by atoms with Crippen molar-refractivity contribution in [1.82, 2.24) is 19.7 Å². The first-order chi connectivity index (χ1) is 8.62. The number of aryl methyl sites for hydroxylation is 1. The highest BCUT2D eigenvalue weighted by Crippen LogP contribution is 2.07. The Balaban J connectivity index is 2.08. The molecule has 2 N–H and O–H groups in total. The monoisotopic (exact) mass is 266 g/mol. The van der Waals surface area contributed by atoms with Crippen LogP contribution in [0.1, 0.15) is 18.3 Å². The number of hydrogen-bond donors (Lipinski definition) is 2. The molecule has 0 saturated heterocycles. The summed E-state index contributed by atoms with van der Waals surface area (Å²) in [5.74, 6) is 0.652. The van der Waals surface area contributed by atoms with Gasteiger partial charge in [0.25, 0.3) is 10.0 Å². The molecule has 0 atom stereocenters. The molecule has 0 fully saturated rings. The Morgan fingerprint density at radius 1 is 1.33 bits per heavy atom. The van der Waals surface area contributed by atoms with Crippen molar-refractivity contribution in [3.8, 4) is 0 Å². The molecule has 2 heterocycles. The minimum absolute atomic E-state index is 0.0911. The van der Waals surface area contributed by atoms with E-state index in [4.69, 9.17) is 0 Å². The van der Waals surface area contributed by atoms with Crippen molar-refractivity contribution in [3.05, 3.63) is 42.1 Å². The van der Waals surface area contributed by atoms with Gasteiger partial charge in [0.15, 0.2) is 5.03 Å². The molecular weight excluding hydrogens is 252 g/mol. The zero-order valence-corrected chi connectivity index (χ0v) is 10.7. The Hall–Kier alpha value is -1.73. The molecule has 6 nitrogen and oxygen atoms in total. The van der Waals surface area contributed by atoms with Crippen LogP contribution in [0, 0.1) is 0 Å². The van der Waals surface area contributed by atoms with Gasteiger partial charge >= 0.3 is 0 Å². The van der Waals surface area contributed by atoms with Gasteiger partial charge in [0, 0.05) is 25.4 Å². The number of hydrogen-bond acceptors (Lipinski definition) is 4. The molecule has 0 radical (unpaired) electrons. The van der Waals surface area contributed by atoms with Gasteiger partial charge in [-0.3, -0.25) is 4.98 Å². The summed E-state index contributed by atoms with van der Waals surface area (Å²) in [5, 5.41) is 0.0911. The van der Waals surface area contributed by atoms with Crippen LogP contribution in [0.4, 0.5) is 0 Å². The maximum Gasteiger partial charge on any atom is 0.257 e. The number of rotatable bonds is 5. The van der Waals surface area contributed by atoms with E-state index in [2.05, 4.69) is 19.7 Å². The van der Waals surface area contributed by atoms with Crippen LogP contribution in [0.3, 0.4) is 0 Å². The lowest BCUT2D eigenvalue weighted by atomic mass is 10.3. The molecule has 0 amide bonds. The predicted molar refractivity (Wildman–Crippen MR) is 66.2 cm³/mol. The Bertz CT molecular complexity index is 607. The number of aromatic amines is 1. The number of imidazole rings is 1. The second-order valence-electron chi connectivity index (χ2n) is 3.73. The van der Waals surface area contributed by atoms with Crippen LogP contribution in [0.25, 0.3) is 0 Å². The van der Waals surface area contributed by atoms with Gasteiger partial charge in [-0.2, -0.15) is 0 Å². The zero-order valence-electron chi connectivity index (χ0n) is 9.92. The molecule has 2 aromatic rings. The van der Waals surface area contributed by atoms with Crippen LogP contribution in [0.2, 0.25) is 0 Å². The third-order valence-electron chi connectivity index (χ3n) is 2.45. The van der Waals surface area contributed by atoms with E-state index in [0.717, 1.165) is 5.56 Å². The number of sulfonamides is 1. The number of aromatic nitrogens is 3. The van der Waals surface area contributed by atoms with Crippen molar-refractivity contribution in [3.63, 3.8) is 0 Å². The minimum Gasteiger partial charge on any atom is -0.332 e. The SMILES string of the molecule is CCc1ncc(S(=O)(=O)NCc2ccncc2)[nH]1. The topological polar surface area (TPSA) is 87.7 Å². The van der Waals surface area contributed by atoms with E-state index >= 15 is 0 Å². The van der Waals surface area contributed by atoms with Gasteiger partial charge in [0.2, 0.25) is 0 Å². The van der Waals surface area contributed by atoms with Crippen LogP contribution >= 0.6 is 0 Å². The van der Waals surface area contributed by atoms with Crippen LogP contribution in [-0.4, -0.2) is 23.4 Å². The number of pyridine rings is 1. The van der Waals surface area contributed by atoms with Crippen LogP contribution in [0.15, 0.2) is 35.7 Å². The summed E-state index contributed by atoms with van der Waals surface area (Å²) in [5.41, 5.74) is 0.851. The van der Waals surface area contributed by atoms with Crippen LogP contribution in [0.5, 0.6) is 0 Å². The molecule has 0 spiro atoms. The Morgan fingerprint density at radius 3 is 2.67 bits per heavy atom. The molecule has 2 rings (SSSR count). The molecule has 0 aliphatic carbocycles. The standard InChI is InChI=1S/C11H14N4O2S/c1-2-10-13-8-11(15-10)18(16,17)14-7-9-3-5-12-6-4-9/h3-6,8,14H,2,7H2,1H3,(H,13,15). The lowest BCUT2D eigenvalue weighted by Crippen LogP contribution is -2.23. The number of H-pyrrole nitrogens is 1. The summed E-state index contributed by atoms with van der Waals surface area (Å²) in [4.78, 5) is 10.6. The second-order valence-corrected chi connectivity index (χ2v) is 5.46. The first kappa shape index (κ1) is 12.7. The molecular formula is C11H14N4O2S. The second kappa shape index (κ2) is 5.28. The molecule has 0 aliphatic rings. The fourth-order valence-corrected chi connectivity index (χ4v) is 2.37. The maximum atomic E-state index is 11.9. The molecule has 0 aromatic carbocycles. The highest BCUT2D eigenvalue weighted by molar-refractivity contribution is 7.89. The zero-order chi connectivity index (χ0) is 13.0. The summed E-state index contributed by atoms with van der Waals surface area (Å²) >= 11 is 0. The van der Waals surface area contributed by atoms with E-state index in [1.807, 2.05) is 6.92 Å². The fourth-order valence-electron chi connectivity index (χ4n) is 1.42. The third-order valence-corrected chi connectivity index (χ3v) is 3.76. The lowest BCUT2D eigenvalue weighted by molar-refractivity contribution is 0.577. The Labute approximate surface area is 106 Å². The summed E-state index contributed by atoms with van der Waals surface area (Å²) in [6.45, 7) is 2.13. The molecule has 7 heteroatoms. The van der Waals surface area contributed by atoms with Crippen molar-refractivity contribution in [2.75, 3.05) is 0 Å². The predicted octanol–water partition coefficient (Wildman–Crippen LogP) is 0.846. The first-order valence-corrected chi connectivity index (χ1v) is 7.02. The molecule has 96 valence electrons.